The van der Waals surface area contributed by atoms with Crippen molar-refractivity contribution in [2.24, 2.45) is 141 Å². The van der Waals surface area contributed by atoms with Crippen LogP contribution in [-0.4, -0.2) is 70.9 Å². The topological polar surface area (TPSA) is 158 Å². The summed E-state index contributed by atoms with van der Waals surface area (Å²) in [6.45, 7) is 22.5. The van der Waals surface area contributed by atoms with E-state index in [0.29, 0.717) is 88.8 Å². The Kier molecular flexibility index (Phi) is 17.3. The van der Waals surface area contributed by atoms with Crippen molar-refractivity contribution in [1.82, 2.24) is 0 Å². The van der Waals surface area contributed by atoms with Crippen LogP contribution in [-0.2, 0) is 57.2 Å². The molecule has 0 amide bonds. The molecule has 0 aromatic rings. The molecule has 0 saturated heterocycles. The van der Waals surface area contributed by atoms with E-state index in [1.54, 1.807) is 0 Å². The molecule has 15 fully saturated rings. The molecule has 0 aliphatic heterocycles. The van der Waals surface area contributed by atoms with Crippen LogP contribution < -0.4 is 0 Å². The number of ether oxygens (including phenoxy) is 6. The van der Waals surface area contributed by atoms with Gasteiger partial charge in [0, 0.05) is 0 Å². The van der Waals surface area contributed by atoms with Crippen molar-refractivity contribution < 1.29 is 57.2 Å². The van der Waals surface area contributed by atoms with Gasteiger partial charge in [0.1, 0.15) is 35.1 Å². The summed E-state index contributed by atoms with van der Waals surface area (Å²) in [5, 5.41) is 0. The molecule has 12 bridgehead atoms. The zero-order valence-corrected chi connectivity index (χ0v) is 56.3. The number of fused-ring (bicyclic) bond motifs is 27. The first-order valence-corrected chi connectivity index (χ1v) is 37.2. The summed E-state index contributed by atoms with van der Waals surface area (Å²) in [6, 6.07) is 0. The highest BCUT2D eigenvalue weighted by atomic mass is 16.6. The Balaban J connectivity index is 0.000000122. The number of rotatable bonds is 16. The second kappa shape index (κ2) is 24.0. The normalized spacial score (nSPS) is 44.1. The van der Waals surface area contributed by atoms with E-state index in [-0.39, 0.29) is 94.6 Å². The molecule has 0 aromatic heterocycles. The Morgan fingerprint density at radius 3 is 1.07 bits per heavy atom. The maximum atomic E-state index is 13.3. The van der Waals surface area contributed by atoms with E-state index in [1.807, 2.05) is 41.5 Å². The van der Waals surface area contributed by atoms with Gasteiger partial charge in [-0.25, -0.2) is 0 Å². The van der Waals surface area contributed by atoms with Crippen molar-refractivity contribution in [1.29, 1.82) is 0 Å². The summed E-state index contributed by atoms with van der Waals surface area (Å²) in [5.74, 6) is 11.4. The van der Waals surface area contributed by atoms with Gasteiger partial charge in [-0.1, -0.05) is 41.0 Å². The number of hydrogen-bond acceptors (Lipinski definition) is 12. The lowest BCUT2D eigenvalue weighted by molar-refractivity contribution is -0.172. The van der Waals surface area contributed by atoms with Crippen LogP contribution in [0.5, 0.6) is 0 Å². The molecule has 25 atom stereocenters. The summed E-state index contributed by atoms with van der Waals surface area (Å²) >= 11 is 0. The lowest BCUT2D eigenvalue weighted by atomic mass is 9.66. The number of hydrogen-bond donors (Lipinski definition) is 0. The van der Waals surface area contributed by atoms with E-state index < -0.39 is 10.8 Å². The molecule has 0 N–H and O–H groups in total. The van der Waals surface area contributed by atoms with Gasteiger partial charge in [0.2, 0.25) is 0 Å². The molecule has 15 aliphatic rings. The number of carbonyl (C=O) groups excluding carboxylic acids is 6. The molecule has 0 radical (unpaired) electrons. The van der Waals surface area contributed by atoms with Gasteiger partial charge in [0.05, 0.1) is 34.5 Å². The molecule has 0 heterocycles. The van der Waals surface area contributed by atoms with Crippen molar-refractivity contribution in [3.63, 3.8) is 0 Å². The van der Waals surface area contributed by atoms with Crippen LogP contribution in [0.15, 0.2) is 0 Å². The average molecular weight is 1220 g/mol. The van der Waals surface area contributed by atoms with E-state index in [9.17, 15) is 28.8 Å². The average Bonchev–Trinajstić information content (AvgIpc) is 1.57. The quantitative estimate of drug-likeness (QED) is 0.0819. The zero-order chi connectivity index (χ0) is 62.1. The standard InChI is InChI=1S/C26H40O4.2C25H38O4/c1-5-25(3,4)24(28)29-20-14-16-13-19(20)22-17-11-15(21(16)22)12-18(17)23(27)30-26(6-2)9-7-8-10-26;1-5-24(2,3)23(27)28-19-13-15-12-18(19)21-16-10-14(20(15)21)11-17(16)22(26)29-25(4)8-6-7-9-25;1-4-14(2)23(26)28-20-13-16-12-19(20)22-17-10-15(21(16)22)11-18(17)24(27)29-25(3)8-6-5-7-9-25/h15-22H,5-14H2,1-4H3;14-21H,5-13H2,1-4H3;14-22H,4-13H2,1-3H3. The fourth-order valence-electron chi connectivity index (χ4n) is 24.3. The van der Waals surface area contributed by atoms with Crippen LogP contribution in [0.4, 0.5) is 0 Å². The Morgan fingerprint density at radius 1 is 0.398 bits per heavy atom. The van der Waals surface area contributed by atoms with Crippen molar-refractivity contribution in [2.45, 2.75) is 297 Å². The first kappa shape index (κ1) is 63.6. The van der Waals surface area contributed by atoms with Gasteiger partial charge in [-0.2, -0.15) is 0 Å². The molecule has 492 valence electrons. The third kappa shape index (κ3) is 11.2. The van der Waals surface area contributed by atoms with Crippen LogP contribution >= 0.6 is 0 Å². The Bertz CT molecular complexity index is 2620. The van der Waals surface area contributed by atoms with Crippen molar-refractivity contribution in [2.75, 3.05) is 0 Å². The first-order valence-electron chi connectivity index (χ1n) is 37.2. The highest BCUT2D eigenvalue weighted by molar-refractivity contribution is 5.78. The molecular formula is C76H116O12. The highest BCUT2D eigenvalue weighted by Crippen LogP contribution is 2.72. The molecule has 12 nitrogen and oxygen atoms in total. The van der Waals surface area contributed by atoms with Crippen molar-refractivity contribution in [3.8, 4) is 0 Å². The van der Waals surface area contributed by atoms with Crippen LogP contribution in [0.3, 0.4) is 0 Å². The Hall–Kier alpha value is -3.18. The minimum atomic E-state index is -0.405. The smallest absolute Gasteiger partial charge is 0.311 e. The van der Waals surface area contributed by atoms with Gasteiger partial charge in [0.15, 0.2) is 0 Å². The third-order valence-corrected chi connectivity index (χ3v) is 29.6. The van der Waals surface area contributed by atoms with Crippen molar-refractivity contribution >= 4 is 35.8 Å². The largest absolute Gasteiger partial charge is 0.462 e. The fourth-order valence-corrected chi connectivity index (χ4v) is 24.3. The van der Waals surface area contributed by atoms with Gasteiger partial charge in [0.25, 0.3) is 0 Å². The van der Waals surface area contributed by atoms with Crippen LogP contribution in [0, 0.1) is 141 Å². The number of esters is 6. The van der Waals surface area contributed by atoms with Gasteiger partial charge >= 0.3 is 35.8 Å². The Labute approximate surface area is 529 Å². The third-order valence-electron chi connectivity index (χ3n) is 29.6. The van der Waals surface area contributed by atoms with E-state index in [2.05, 4.69) is 34.6 Å². The molecule has 15 saturated carbocycles. The molecule has 0 spiro atoms. The van der Waals surface area contributed by atoms with Gasteiger partial charge < -0.3 is 28.4 Å². The molecule has 12 heteroatoms. The SMILES string of the molecule is CCC(C)(C)C(=O)OC1CC2CC1C1C3CC(CC3C(=O)OC3(C)CCCC3)C21.CCC(C)C(=O)OC1CC2CC1C1C3CC(CC3C(=O)OC3(C)CCCCC3)C21.CCC1(OC(=O)C2CC3CC2C2C4CC(CC4OC(=O)C(C)(C)CC)C32)CCCC1. The lowest BCUT2D eigenvalue weighted by Gasteiger charge is -2.42. The van der Waals surface area contributed by atoms with Gasteiger partial charge in [-0.3, -0.25) is 28.8 Å². The minimum Gasteiger partial charge on any atom is -0.462 e. The predicted molar refractivity (Wildman–Crippen MR) is 334 cm³/mol. The predicted octanol–water partition coefficient (Wildman–Crippen LogP) is 15.8. The number of carbonyl (C=O) groups is 6. The van der Waals surface area contributed by atoms with Gasteiger partial charge in [-0.05, 0) is 328 Å². The lowest BCUT2D eigenvalue weighted by Crippen LogP contribution is -2.44. The van der Waals surface area contributed by atoms with E-state index >= 15 is 0 Å². The summed E-state index contributed by atoms with van der Waals surface area (Å²) in [5.41, 5.74) is -1.45. The molecule has 25 unspecified atom stereocenters. The molecule has 15 rings (SSSR count). The summed E-state index contributed by atoms with van der Waals surface area (Å²) in [7, 11) is 0. The van der Waals surface area contributed by atoms with Crippen LogP contribution in [0.1, 0.15) is 262 Å². The minimum absolute atomic E-state index is 0.0103. The highest BCUT2D eigenvalue weighted by Gasteiger charge is 2.70. The van der Waals surface area contributed by atoms with Crippen molar-refractivity contribution in [3.05, 3.63) is 0 Å². The monoisotopic (exact) mass is 1220 g/mol. The maximum absolute atomic E-state index is 13.3. The van der Waals surface area contributed by atoms with E-state index in [1.165, 1.54) is 83.5 Å². The Morgan fingerprint density at radius 2 is 0.716 bits per heavy atom. The summed E-state index contributed by atoms with van der Waals surface area (Å²) < 4.78 is 36.7. The second-order valence-corrected chi connectivity index (χ2v) is 35.0. The maximum Gasteiger partial charge on any atom is 0.311 e. The summed E-state index contributed by atoms with van der Waals surface area (Å²) in [6.07, 6.45) is 31.6. The second-order valence-electron chi connectivity index (χ2n) is 35.0. The van der Waals surface area contributed by atoms with Gasteiger partial charge in [-0.15, -0.1) is 0 Å². The molecule has 0 aromatic carbocycles. The molecular weight excluding hydrogens is 1100 g/mol. The van der Waals surface area contributed by atoms with E-state index in [0.717, 1.165) is 120 Å². The molecule has 88 heavy (non-hydrogen) atoms. The zero-order valence-electron chi connectivity index (χ0n) is 56.3. The van der Waals surface area contributed by atoms with E-state index in [4.69, 9.17) is 28.4 Å². The summed E-state index contributed by atoms with van der Waals surface area (Å²) in [4.78, 5) is 77.4. The molecule has 15 aliphatic carbocycles. The van der Waals surface area contributed by atoms with Crippen LogP contribution in [0.25, 0.3) is 0 Å². The van der Waals surface area contributed by atoms with Crippen LogP contribution in [0.2, 0.25) is 0 Å². The first-order chi connectivity index (χ1) is 41.9. The fraction of sp³-hybridized carbons (Fsp3) is 0.921.